The first-order valence-corrected chi connectivity index (χ1v) is 9.93. The van der Waals surface area contributed by atoms with Crippen molar-refractivity contribution in [2.45, 2.75) is 0 Å². The Labute approximate surface area is 178 Å². The Balaban J connectivity index is 1.51. The van der Waals surface area contributed by atoms with Crippen LogP contribution in [0.5, 0.6) is 0 Å². The van der Waals surface area contributed by atoms with Gasteiger partial charge >= 0.3 is 0 Å². The summed E-state index contributed by atoms with van der Waals surface area (Å²) in [6.07, 6.45) is 3.04. The predicted octanol–water partition coefficient (Wildman–Crippen LogP) is 1.38. The van der Waals surface area contributed by atoms with Gasteiger partial charge < -0.3 is 20.6 Å². The minimum absolute atomic E-state index is 0.0177. The van der Waals surface area contributed by atoms with Gasteiger partial charge in [0, 0.05) is 43.3 Å². The second kappa shape index (κ2) is 8.88. The van der Waals surface area contributed by atoms with E-state index in [1.165, 1.54) is 6.21 Å². The zero-order chi connectivity index (χ0) is 21.8. The highest BCUT2D eigenvalue weighted by molar-refractivity contribution is 6.38. The van der Waals surface area contributed by atoms with Gasteiger partial charge in [-0.15, -0.1) is 0 Å². The largest absolute Gasteiger partial charge is 0.336 e. The molecule has 31 heavy (non-hydrogen) atoms. The van der Waals surface area contributed by atoms with E-state index in [-0.39, 0.29) is 17.2 Å². The SMILES string of the molecule is CN1CCN(C(=O)c2ccc(N=CC(=NN)c3cc4cccnc4[nH]c3=O)cc2)CC1. The van der Waals surface area contributed by atoms with E-state index in [9.17, 15) is 9.59 Å². The molecule has 3 N–H and O–H groups in total. The Bertz CT molecular complexity index is 1210. The van der Waals surface area contributed by atoms with Gasteiger partial charge in [-0.1, -0.05) is 0 Å². The number of H-pyrrole nitrogens is 1. The zero-order valence-electron chi connectivity index (χ0n) is 17.2. The second-order valence-corrected chi connectivity index (χ2v) is 7.37. The number of nitrogens with zero attached hydrogens (tertiary/aromatic N) is 5. The van der Waals surface area contributed by atoms with Crippen molar-refractivity contribution in [1.82, 2.24) is 19.8 Å². The molecule has 0 bridgehead atoms. The van der Waals surface area contributed by atoms with E-state index in [0.29, 0.717) is 22.5 Å². The molecule has 1 aliphatic rings. The second-order valence-electron chi connectivity index (χ2n) is 7.37. The van der Waals surface area contributed by atoms with Crippen molar-refractivity contribution >= 4 is 34.6 Å². The number of benzene rings is 1. The fourth-order valence-electron chi connectivity index (χ4n) is 3.42. The van der Waals surface area contributed by atoms with Crippen molar-refractivity contribution in [1.29, 1.82) is 0 Å². The maximum absolute atomic E-state index is 12.6. The van der Waals surface area contributed by atoms with Crippen LogP contribution in [0.15, 0.2) is 63.5 Å². The first-order valence-electron chi connectivity index (χ1n) is 9.93. The fourth-order valence-corrected chi connectivity index (χ4v) is 3.42. The average molecular weight is 417 g/mol. The molecule has 1 aliphatic heterocycles. The van der Waals surface area contributed by atoms with Gasteiger partial charge in [-0.2, -0.15) is 5.10 Å². The van der Waals surface area contributed by atoms with Gasteiger partial charge in [0.1, 0.15) is 11.4 Å². The van der Waals surface area contributed by atoms with Crippen molar-refractivity contribution in [3.63, 3.8) is 0 Å². The van der Waals surface area contributed by atoms with Crippen molar-refractivity contribution in [3.05, 3.63) is 70.1 Å². The van der Waals surface area contributed by atoms with Gasteiger partial charge in [-0.05, 0) is 49.5 Å². The van der Waals surface area contributed by atoms with Crippen LogP contribution >= 0.6 is 0 Å². The molecule has 3 aromatic rings. The number of nitrogens with two attached hydrogens (primary N) is 1. The van der Waals surface area contributed by atoms with Crippen LogP contribution in [-0.4, -0.2) is 70.8 Å². The molecule has 3 heterocycles. The summed E-state index contributed by atoms with van der Waals surface area (Å²) < 4.78 is 0. The van der Waals surface area contributed by atoms with E-state index in [0.717, 1.165) is 31.6 Å². The van der Waals surface area contributed by atoms with Crippen molar-refractivity contribution < 1.29 is 4.79 Å². The molecule has 0 unspecified atom stereocenters. The van der Waals surface area contributed by atoms with E-state index >= 15 is 0 Å². The maximum Gasteiger partial charge on any atom is 0.259 e. The molecule has 1 fully saturated rings. The number of rotatable bonds is 4. The highest BCUT2D eigenvalue weighted by Crippen LogP contribution is 2.15. The molecule has 0 radical (unpaired) electrons. The number of hydrogen-bond donors (Lipinski definition) is 2. The molecule has 1 aromatic carbocycles. The smallest absolute Gasteiger partial charge is 0.259 e. The third-order valence-electron chi connectivity index (χ3n) is 5.27. The lowest BCUT2D eigenvalue weighted by molar-refractivity contribution is 0.0664. The van der Waals surface area contributed by atoms with Gasteiger partial charge in [0.25, 0.3) is 11.5 Å². The summed E-state index contributed by atoms with van der Waals surface area (Å²) in [5, 5.41) is 4.48. The minimum Gasteiger partial charge on any atom is -0.336 e. The number of nitrogens with one attached hydrogen (secondary N) is 1. The van der Waals surface area contributed by atoms with Gasteiger partial charge in [-0.3, -0.25) is 14.6 Å². The summed E-state index contributed by atoms with van der Waals surface area (Å²) in [7, 11) is 2.05. The molecule has 0 atom stereocenters. The molecule has 0 spiro atoms. The third kappa shape index (κ3) is 4.51. The molecule has 0 aliphatic carbocycles. The molecular weight excluding hydrogens is 394 g/mol. The number of aromatic nitrogens is 2. The number of hydrazone groups is 1. The molecule has 1 saturated heterocycles. The molecule has 9 heteroatoms. The summed E-state index contributed by atoms with van der Waals surface area (Å²) >= 11 is 0. The number of likely N-dealkylation sites (N-methyl/N-ethyl adjacent to an activating group) is 1. The third-order valence-corrected chi connectivity index (χ3v) is 5.27. The number of hydrogen-bond acceptors (Lipinski definition) is 7. The van der Waals surface area contributed by atoms with Gasteiger partial charge in [0.05, 0.1) is 17.5 Å². The van der Waals surface area contributed by atoms with Crippen LogP contribution in [0.4, 0.5) is 5.69 Å². The summed E-state index contributed by atoms with van der Waals surface area (Å²) in [5.41, 5.74) is 1.92. The van der Waals surface area contributed by atoms with Crippen LogP contribution in [0.1, 0.15) is 15.9 Å². The van der Waals surface area contributed by atoms with E-state index in [1.54, 1.807) is 42.6 Å². The van der Waals surface area contributed by atoms with Gasteiger partial charge in [0.15, 0.2) is 0 Å². The Morgan fingerprint density at radius 3 is 2.61 bits per heavy atom. The quantitative estimate of drug-likeness (QED) is 0.377. The number of aromatic amines is 1. The van der Waals surface area contributed by atoms with Crippen LogP contribution < -0.4 is 11.4 Å². The summed E-state index contributed by atoms with van der Waals surface area (Å²) in [5.74, 6) is 5.53. The Morgan fingerprint density at radius 1 is 1.16 bits per heavy atom. The van der Waals surface area contributed by atoms with E-state index in [1.807, 2.05) is 11.0 Å². The number of carbonyl (C=O) groups excluding carboxylic acids is 1. The number of piperazine rings is 1. The fraction of sp³-hybridized carbons (Fsp3) is 0.227. The first kappa shape index (κ1) is 20.4. The summed E-state index contributed by atoms with van der Waals surface area (Å²) in [6, 6.07) is 12.3. The Morgan fingerprint density at radius 2 is 1.90 bits per heavy atom. The molecular formula is C22H23N7O2. The van der Waals surface area contributed by atoms with Crippen LogP contribution in [0.25, 0.3) is 11.0 Å². The topological polar surface area (TPSA) is 120 Å². The van der Waals surface area contributed by atoms with Crippen molar-refractivity contribution in [2.75, 3.05) is 33.2 Å². The van der Waals surface area contributed by atoms with E-state index in [4.69, 9.17) is 5.84 Å². The maximum atomic E-state index is 12.6. The lowest BCUT2D eigenvalue weighted by Gasteiger charge is -2.32. The van der Waals surface area contributed by atoms with Crippen LogP contribution in [0, 0.1) is 0 Å². The van der Waals surface area contributed by atoms with Crippen molar-refractivity contribution in [2.24, 2.45) is 15.9 Å². The number of carbonyl (C=O) groups is 1. The standard InChI is InChI=1S/C22H23N7O2/c1-28-9-11-29(12-10-28)22(31)15-4-6-17(7-5-15)25-14-19(27-23)18-13-16-3-2-8-24-20(16)26-21(18)30/h2-8,13-14H,9-12,23H2,1H3,(H,24,26,30). The summed E-state index contributed by atoms with van der Waals surface area (Å²) in [4.78, 5) is 40.3. The molecule has 0 saturated carbocycles. The predicted molar refractivity (Wildman–Crippen MR) is 121 cm³/mol. The minimum atomic E-state index is -0.352. The Hall–Kier alpha value is -3.85. The molecule has 4 rings (SSSR count). The zero-order valence-corrected chi connectivity index (χ0v) is 17.2. The number of pyridine rings is 2. The molecule has 2 aromatic heterocycles. The number of aliphatic imine (C=N–C) groups is 1. The first-order chi connectivity index (χ1) is 15.0. The van der Waals surface area contributed by atoms with Crippen LogP contribution in [0.3, 0.4) is 0 Å². The normalized spacial score (nSPS) is 15.6. The average Bonchev–Trinajstić information content (AvgIpc) is 2.80. The Kier molecular flexibility index (Phi) is 5.85. The lowest BCUT2D eigenvalue weighted by Crippen LogP contribution is -2.47. The lowest BCUT2D eigenvalue weighted by atomic mass is 10.1. The van der Waals surface area contributed by atoms with Crippen LogP contribution in [-0.2, 0) is 0 Å². The number of amides is 1. The van der Waals surface area contributed by atoms with E-state index in [2.05, 4.69) is 32.0 Å². The highest BCUT2D eigenvalue weighted by atomic mass is 16.2. The molecule has 158 valence electrons. The highest BCUT2D eigenvalue weighted by Gasteiger charge is 2.20. The van der Waals surface area contributed by atoms with Gasteiger partial charge in [0.2, 0.25) is 0 Å². The molecule has 9 nitrogen and oxygen atoms in total. The van der Waals surface area contributed by atoms with Crippen LogP contribution in [0.2, 0.25) is 0 Å². The van der Waals surface area contributed by atoms with Gasteiger partial charge in [-0.25, -0.2) is 4.98 Å². The summed E-state index contributed by atoms with van der Waals surface area (Å²) in [6.45, 7) is 3.20. The number of fused-ring (bicyclic) bond motifs is 1. The monoisotopic (exact) mass is 417 g/mol. The van der Waals surface area contributed by atoms with Crippen molar-refractivity contribution in [3.8, 4) is 0 Å². The molecule has 1 amide bonds. The van der Waals surface area contributed by atoms with E-state index < -0.39 is 0 Å².